The minimum atomic E-state index is -0.318. The molecule has 0 saturated carbocycles. The highest BCUT2D eigenvalue weighted by Gasteiger charge is 2.22. The number of carbonyl (C=O) groups is 2. The van der Waals surface area contributed by atoms with Crippen LogP contribution in [0, 0.1) is 0 Å². The lowest BCUT2D eigenvalue weighted by Crippen LogP contribution is -2.37. The molecule has 1 saturated heterocycles. The van der Waals surface area contributed by atoms with Gasteiger partial charge in [-0.25, -0.2) is 4.79 Å². The van der Waals surface area contributed by atoms with Crippen LogP contribution < -0.4 is 0 Å². The molecule has 1 aromatic rings. The molecule has 0 unspecified atom stereocenters. The summed E-state index contributed by atoms with van der Waals surface area (Å²) in [5.41, 5.74) is 2.41. The van der Waals surface area contributed by atoms with E-state index in [2.05, 4.69) is 32.9 Å². The molecule has 2 rings (SSSR count). The van der Waals surface area contributed by atoms with E-state index in [-0.39, 0.29) is 17.4 Å². The predicted octanol–water partition coefficient (Wildman–Crippen LogP) is 2.83. The van der Waals surface area contributed by atoms with Crippen LogP contribution in [0.25, 0.3) is 0 Å². The minimum Gasteiger partial charge on any atom is -0.453 e. The number of hydrogen-bond acceptors (Lipinski definition) is 3. The maximum Gasteiger partial charge on any atom is 0.409 e. The molecule has 132 valence electrons. The van der Waals surface area contributed by atoms with Gasteiger partial charge in [0, 0.05) is 26.2 Å². The molecule has 0 bridgehead atoms. The van der Waals surface area contributed by atoms with E-state index in [9.17, 15) is 9.59 Å². The largest absolute Gasteiger partial charge is 0.453 e. The first-order chi connectivity index (χ1) is 11.3. The standard InChI is InChI=1S/C19H28N2O3/c1-19(2,3)16-8-6-15(7-9-16)14-17(22)20-10-5-11-21(13-12-20)18(23)24-4/h6-9H,5,10-14H2,1-4H3. The quantitative estimate of drug-likeness (QED) is 0.837. The molecular weight excluding hydrogens is 304 g/mol. The van der Waals surface area contributed by atoms with Crippen molar-refractivity contribution >= 4 is 12.0 Å². The molecule has 24 heavy (non-hydrogen) atoms. The lowest BCUT2D eigenvalue weighted by atomic mass is 9.86. The monoisotopic (exact) mass is 332 g/mol. The number of nitrogens with zero attached hydrogens (tertiary/aromatic N) is 2. The van der Waals surface area contributed by atoms with Crippen LogP contribution in [0.3, 0.4) is 0 Å². The normalized spacial score (nSPS) is 15.8. The molecule has 0 spiro atoms. The summed E-state index contributed by atoms with van der Waals surface area (Å²) in [7, 11) is 1.39. The van der Waals surface area contributed by atoms with Gasteiger partial charge >= 0.3 is 6.09 Å². The van der Waals surface area contributed by atoms with Crippen LogP contribution in [0.4, 0.5) is 4.79 Å². The number of hydrogen-bond donors (Lipinski definition) is 0. The van der Waals surface area contributed by atoms with Gasteiger partial charge in [0.25, 0.3) is 0 Å². The smallest absolute Gasteiger partial charge is 0.409 e. The number of carbonyl (C=O) groups excluding carboxylic acids is 2. The molecule has 1 aliphatic heterocycles. The summed E-state index contributed by atoms with van der Waals surface area (Å²) in [6.07, 6.45) is 0.869. The summed E-state index contributed by atoms with van der Waals surface area (Å²) in [4.78, 5) is 27.6. The molecule has 0 aliphatic carbocycles. The Morgan fingerprint density at radius 2 is 1.58 bits per heavy atom. The first-order valence-corrected chi connectivity index (χ1v) is 8.51. The van der Waals surface area contributed by atoms with E-state index in [4.69, 9.17) is 4.74 Å². The van der Waals surface area contributed by atoms with Gasteiger partial charge in [0.1, 0.15) is 0 Å². The van der Waals surface area contributed by atoms with E-state index in [1.165, 1.54) is 12.7 Å². The van der Waals surface area contributed by atoms with Crippen LogP contribution in [-0.4, -0.2) is 55.1 Å². The fourth-order valence-corrected chi connectivity index (χ4v) is 2.89. The lowest BCUT2D eigenvalue weighted by molar-refractivity contribution is -0.130. The first kappa shape index (κ1) is 18.3. The number of methoxy groups -OCH3 is 1. The van der Waals surface area contributed by atoms with Crippen LogP contribution in [0.2, 0.25) is 0 Å². The summed E-state index contributed by atoms with van der Waals surface area (Å²) in [6.45, 7) is 8.95. The number of ether oxygens (including phenoxy) is 1. The van der Waals surface area contributed by atoms with Crippen molar-refractivity contribution in [1.82, 2.24) is 9.80 Å². The van der Waals surface area contributed by atoms with Crippen molar-refractivity contribution < 1.29 is 14.3 Å². The average Bonchev–Trinajstić information content (AvgIpc) is 2.80. The highest BCUT2D eigenvalue weighted by atomic mass is 16.5. The van der Waals surface area contributed by atoms with E-state index in [0.29, 0.717) is 32.6 Å². The molecule has 5 heteroatoms. The van der Waals surface area contributed by atoms with Crippen molar-refractivity contribution in [2.24, 2.45) is 0 Å². The molecule has 1 aliphatic rings. The fourth-order valence-electron chi connectivity index (χ4n) is 2.89. The third-order valence-corrected chi connectivity index (χ3v) is 4.46. The third-order valence-electron chi connectivity index (χ3n) is 4.46. The molecule has 1 aromatic carbocycles. The maximum atomic E-state index is 12.5. The minimum absolute atomic E-state index is 0.116. The molecule has 1 fully saturated rings. The molecule has 2 amide bonds. The van der Waals surface area contributed by atoms with Gasteiger partial charge in [0.05, 0.1) is 13.5 Å². The summed E-state index contributed by atoms with van der Waals surface area (Å²) in [5, 5.41) is 0. The summed E-state index contributed by atoms with van der Waals surface area (Å²) in [5.74, 6) is 0.116. The van der Waals surface area contributed by atoms with Gasteiger partial charge in [0.2, 0.25) is 5.91 Å². The Labute approximate surface area is 144 Å². The molecule has 1 heterocycles. The van der Waals surface area contributed by atoms with Crippen molar-refractivity contribution in [3.05, 3.63) is 35.4 Å². The van der Waals surface area contributed by atoms with Crippen LogP contribution in [0.5, 0.6) is 0 Å². The molecule has 0 N–H and O–H groups in total. The summed E-state index contributed by atoms with van der Waals surface area (Å²) in [6, 6.07) is 8.28. The highest BCUT2D eigenvalue weighted by molar-refractivity contribution is 5.79. The van der Waals surface area contributed by atoms with Gasteiger partial charge in [-0.1, -0.05) is 45.0 Å². The van der Waals surface area contributed by atoms with E-state index in [1.54, 1.807) is 4.90 Å². The topological polar surface area (TPSA) is 49.9 Å². The van der Waals surface area contributed by atoms with Crippen LogP contribution in [0.15, 0.2) is 24.3 Å². The number of benzene rings is 1. The van der Waals surface area contributed by atoms with E-state index in [0.717, 1.165) is 12.0 Å². The van der Waals surface area contributed by atoms with E-state index < -0.39 is 0 Å². The Morgan fingerprint density at radius 3 is 2.17 bits per heavy atom. The van der Waals surface area contributed by atoms with Crippen LogP contribution in [0.1, 0.15) is 38.3 Å². The van der Waals surface area contributed by atoms with Gasteiger partial charge in [-0.2, -0.15) is 0 Å². The molecule has 0 atom stereocenters. The Bertz CT molecular complexity index is 575. The second kappa shape index (κ2) is 7.69. The summed E-state index contributed by atoms with van der Waals surface area (Å²) >= 11 is 0. The predicted molar refractivity (Wildman–Crippen MR) is 94.0 cm³/mol. The van der Waals surface area contributed by atoms with Crippen molar-refractivity contribution in [2.45, 2.75) is 39.0 Å². The maximum absolute atomic E-state index is 12.5. The molecular formula is C19H28N2O3. The Kier molecular flexibility index (Phi) is 5.86. The summed E-state index contributed by atoms with van der Waals surface area (Å²) < 4.78 is 4.76. The van der Waals surface area contributed by atoms with Crippen molar-refractivity contribution in [1.29, 1.82) is 0 Å². The molecule has 5 nitrogen and oxygen atoms in total. The molecule has 0 radical (unpaired) electrons. The SMILES string of the molecule is COC(=O)N1CCCN(C(=O)Cc2ccc(C(C)(C)C)cc2)CC1. The lowest BCUT2D eigenvalue weighted by Gasteiger charge is -2.22. The zero-order valence-corrected chi connectivity index (χ0v) is 15.2. The third kappa shape index (κ3) is 4.73. The first-order valence-electron chi connectivity index (χ1n) is 8.51. The Balaban J connectivity index is 1.93. The van der Waals surface area contributed by atoms with Crippen molar-refractivity contribution in [2.75, 3.05) is 33.3 Å². The zero-order chi connectivity index (χ0) is 17.7. The van der Waals surface area contributed by atoms with Crippen molar-refractivity contribution in [3.63, 3.8) is 0 Å². The van der Waals surface area contributed by atoms with Gasteiger partial charge in [0.15, 0.2) is 0 Å². The Hall–Kier alpha value is -2.04. The van der Waals surface area contributed by atoms with Crippen molar-refractivity contribution in [3.8, 4) is 0 Å². The molecule has 0 aromatic heterocycles. The zero-order valence-electron chi connectivity index (χ0n) is 15.2. The average molecular weight is 332 g/mol. The fraction of sp³-hybridized carbons (Fsp3) is 0.579. The van der Waals surface area contributed by atoms with Crippen LogP contribution in [-0.2, 0) is 21.4 Å². The number of amides is 2. The van der Waals surface area contributed by atoms with Gasteiger partial charge in [-0.15, -0.1) is 0 Å². The van der Waals surface area contributed by atoms with E-state index >= 15 is 0 Å². The second-order valence-electron chi connectivity index (χ2n) is 7.32. The van der Waals surface area contributed by atoms with Crippen LogP contribution >= 0.6 is 0 Å². The Morgan fingerprint density at radius 1 is 1.00 bits per heavy atom. The van der Waals surface area contributed by atoms with Gasteiger partial charge < -0.3 is 14.5 Å². The van der Waals surface area contributed by atoms with Gasteiger partial charge in [-0.3, -0.25) is 4.79 Å². The second-order valence-corrected chi connectivity index (χ2v) is 7.32. The highest BCUT2D eigenvalue weighted by Crippen LogP contribution is 2.22. The van der Waals surface area contributed by atoms with Gasteiger partial charge in [-0.05, 0) is 23.0 Å². The number of rotatable bonds is 2. The van der Waals surface area contributed by atoms with E-state index in [1.807, 2.05) is 17.0 Å².